The summed E-state index contributed by atoms with van der Waals surface area (Å²) in [7, 11) is 1.83. The molecule has 0 bridgehead atoms. The predicted molar refractivity (Wildman–Crippen MR) is 125 cm³/mol. The minimum Gasteiger partial charge on any atom is -0.305 e. The minimum absolute atomic E-state index is 0.0147. The van der Waals surface area contributed by atoms with Gasteiger partial charge in [-0.1, -0.05) is 35.5 Å². The van der Waals surface area contributed by atoms with E-state index in [2.05, 4.69) is 20.5 Å². The maximum Gasteiger partial charge on any atom is 0.270 e. The maximum atomic E-state index is 12.4. The molecular formula is C20H15ClN6O3S2. The Kier molecular flexibility index (Phi) is 6.49. The molecule has 0 unspecified atom stereocenters. The molecule has 0 aliphatic carbocycles. The zero-order valence-electron chi connectivity index (χ0n) is 16.6. The van der Waals surface area contributed by atoms with Crippen molar-refractivity contribution in [3.05, 3.63) is 69.0 Å². The SMILES string of the molecule is Cn1c(SCC(=O)Nc2nc(-c3cccc([N+](=O)[O-])c3)cs2)nnc1-c1ccc(Cl)cc1. The van der Waals surface area contributed by atoms with Crippen molar-refractivity contribution >= 4 is 51.4 Å². The van der Waals surface area contributed by atoms with Gasteiger partial charge >= 0.3 is 0 Å². The van der Waals surface area contributed by atoms with Crippen LogP contribution in [0.5, 0.6) is 0 Å². The van der Waals surface area contributed by atoms with E-state index in [1.165, 1.54) is 35.2 Å². The molecule has 2 heterocycles. The minimum atomic E-state index is -0.458. The summed E-state index contributed by atoms with van der Waals surface area (Å²) in [6, 6.07) is 13.5. The Morgan fingerprint density at radius 2 is 2.00 bits per heavy atom. The summed E-state index contributed by atoms with van der Waals surface area (Å²) in [6.45, 7) is 0. The second-order valence-corrected chi connectivity index (χ2v) is 8.79. The summed E-state index contributed by atoms with van der Waals surface area (Å²) in [4.78, 5) is 27.2. The molecule has 0 aliphatic rings. The van der Waals surface area contributed by atoms with Crippen LogP contribution in [-0.2, 0) is 11.8 Å². The fourth-order valence-corrected chi connectivity index (χ4v) is 4.39. The monoisotopic (exact) mass is 486 g/mol. The zero-order valence-corrected chi connectivity index (χ0v) is 18.9. The third-order valence-electron chi connectivity index (χ3n) is 4.37. The van der Waals surface area contributed by atoms with Gasteiger partial charge < -0.3 is 9.88 Å². The molecule has 9 nitrogen and oxygen atoms in total. The van der Waals surface area contributed by atoms with Crippen LogP contribution in [0.1, 0.15) is 0 Å². The number of nitrogens with zero attached hydrogens (tertiary/aromatic N) is 5. The van der Waals surface area contributed by atoms with Crippen molar-refractivity contribution in [3.8, 4) is 22.6 Å². The number of aromatic nitrogens is 4. The first kappa shape index (κ1) is 21.9. The number of benzene rings is 2. The van der Waals surface area contributed by atoms with Crippen LogP contribution in [0.3, 0.4) is 0 Å². The first-order valence-corrected chi connectivity index (χ1v) is 11.4. The van der Waals surface area contributed by atoms with Crippen LogP contribution in [0.25, 0.3) is 22.6 Å². The van der Waals surface area contributed by atoms with E-state index in [1.807, 2.05) is 23.7 Å². The number of anilines is 1. The highest BCUT2D eigenvalue weighted by atomic mass is 35.5. The number of rotatable bonds is 7. The van der Waals surface area contributed by atoms with E-state index < -0.39 is 4.92 Å². The van der Waals surface area contributed by atoms with Crippen LogP contribution in [0.2, 0.25) is 5.02 Å². The number of hydrogen-bond acceptors (Lipinski definition) is 8. The normalized spacial score (nSPS) is 10.8. The molecule has 162 valence electrons. The third-order valence-corrected chi connectivity index (χ3v) is 6.40. The topological polar surface area (TPSA) is 116 Å². The number of hydrogen-bond donors (Lipinski definition) is 1. The number of carbonyl (C=O) groups is 1. The van der Waals surface area contributed by atoms with Crippen molar-refractivity contribution in [2.24, 2.45) is 7.05 Å². The van der Waals surface area contributed by atoms with Crippen molar-refractivity contribution in [2.75, 3.05) is 11.1 Å². The van der Waals surface area contributed by atoms with Gasteiger partial charge in [-0.05, 0) is 24.3 Å². The molecule has 1 amide bonds. The fraction of sp³-hybridized carbons (Fsp3) is 0.100. The molecule has 2 aromatic heterocycles. The summed E-state index contributed by atoms with van der Waals surface area (Å²) in [6.07, 6.45) is 0. The van der Waals surface area contributed by atoms with Crippen molar-refractivity contribution in [1.29, 1.82) is 0 Å². The molecule has 0 atom stereocenters. The molecule has 32 heavy (non-hydrogen) atoms. The summed E-state index contributed by atoms with van der Waals surface area (Å²) >= 11 is 8.43. The molecule has 0 saturated heterocycles. The van der Waals surface area contributed by atoms with Gasteiger partial charge in [0.25, 0.3) is 5.69 Å². The van der Waals surface area contributed by atoms with E-state index in [0.29, 0.717) is 32.4 Å². The zero-order chi connectivity index (χ0) is 22.7. The van der Waals surface area contributed by atoms with Crippen LogP contribution < -0.4 is 5.32 Å². The molecule has 0 aliphatic heterocycles. The van der Waals surface area contributed by atoms with Gasteiger partial charge in [0.2, 0.25) is 5.91 Å². The molecule has 2 aromatic carbocycles. The van der Waals surface area contributed by atoms with Gasteiger partial charge in [-0.25, -0.2) is 4.98 Å². The highest BCUT2D eigenvalue weighted by Crippen LogP contribution is 2.28. The molecule has 0 spiro atoms. The number of carbonyl (C=O) groups excluding carboxylic acids is 1. The second-order valence-electron chi connectivity index (χ2n) is 6.55. The van der Waals surface area contributed by atoms with Crippen LogP contribution >= 0.6 is 34.7 Å². The fourth-order valence-electron chi connectivity index (χ4n) is 2.82. The van der Waals surface area contributed by atoms with E-state index in [1.54, 1.807) is 29.6 Å². The van der Waals surface area contributed by atoms with Crippen molar-refractivity contribution in [3.63, 3.8) is 0 Å². The van der Waals surface area contributed by atoms with E-state index in [4.69, 9.17) is 11.6 Å². The first-order chi connectivity index (χ1) is 15.4. The number of nitro benzene ring substituents is 1. The molecule has 12 heteroatoms. The lowest BCUT2D eigenvalue weighted by molar-refractivity contribution is -0.384. The highest BCUT2D eigenvalue weighted by molar-refractivity contribution is 7.99. The Morgan fingerprint density at radius 1 is 1.22 bits per heavy atom. The molecular weight excluding hydrogens is 472 g/mol. The lowest BCUT2D eigenvalue weighted by Crippen LogP contribution is -2.14. The van der Waals surface area contributed by atoms with Crippen molar-refractivity contribution in [2.45, 2.75) is 5.16 Å². The molecule has 0 radical (unpaired) electrons. The summed E-state index contributed by atoms with van der Waals surface area (Å²) in [5.41, 5.74) is 2.03. The van der Waals surface area contributed by atoms with Gasteiger partial charge in [-0.15, -0.1) is 21.5 Å². The highest BCUT2D eigenvalue weighted by Gasteiger charge is 2.15. The molecule has 1 N–H and O–H groups in total. The molecule has 4 rings (SSSR count). The Balaban J connectivity index is 1.38. The standard InChI is InChI=1S/C20H15ClN6O3S2/c1-26-18(12-5-7-14(21)8-6-12)24-25-20(26)32-11-17(28)23-19-22-16(10-31-19)13-3-2-4-15(9-13)27(29)30/h2-10H,11H2,1H3,(H,22,23,28). The average molecular weight is 487 g/mol. The largest absolute Gasteiger partial charge is 0.305 e. The van der Waals surface area contributed by atoms with Crippen molar-refractivity contribution in [1.82, 2.24) is 19.7 Å². The number of non-ortho nitro benzene ring substituents is 1. The van der Waals surface area contributed by atoms with Crippen molar-refractivity contribution < 1.29 is 9.72 Å². The lowest BCUT2D eigenvalue weighted by Gasteiger charge is -2.04. The Bertz CT molecular complexity index is 1290. The summed E-state index contributed by atoms with van der Waals surface area (Å²) in [5, 5.41) is 25.4. The van der Waals surface area contributed by atoms with E-state index in [0.717, 1.165) is 5.56 Å². The van der Waals surface area contributed by atoms with Crippen LogP contribution in [-0.4, -0.2) is 36.3 Å². The number of thiazole rings is 1. The predicted octanol–water partition coefficient (Wildman–Crippen LogP) is 4.90. The van der Waals surface area contributed by atoms with Crippen LogP contribution in [0, 0.1) is 10.1 Å². The molecule has 4 aromatic rings. The van der Waals surface area contributed by atoms with Gasteiger partial charge in [0, 0.05) is 40.7 Å². The smallest absolute Gasteiger partial charge is 0.270 e. The Hall–Kier alpha value is -3.28. The van der Waals surface area contributed by atoms with Crippen LogP contribution in [0.4, 0.5) is 10.8 Å². The van der Waals surface area contributed by atoms with Gasteiger partial charge in [0.1, 0.15) is 0 Å². The second kappa shape index (κ2) is 9.47. The van der Waals surface area contributed by atoms with E-state index in [-0.39, 0.29) is 17.3 Å². The number of thioether (sulfide) groups is 1. The number of nitro groups is 1. The van der Waals surface area contributed by atoms with Crippen LogP contribution in [0.15, 0.2) is 59.1 Å². The average Bonchev–Trinajstić information content (AvgIpc) is 3.40. The number of nitrogens with one attached hydrogen (secondary N) is 1. The first-order valence-electron chi connectivity index (χ1n) is 9.19. The maximum absolute atomic E-state index is 12.4. The number of amides is 1. The molecule has 0 fully saturated rings. The van der Waals surface area contributed by atoms with E-state index >= 15 is 0 Å². The number of halogens is 1. The molecule has 0 saturated carbocycles. The third kappa shape index (κ3) is 4.96. The van der Waals surface area contributed by atoms with E-state index in [9.17, 15) is 14.9 Å². The van der Waals surface area contributed by atoms with Gasteiger partial charge in [0.05, 0.1) is 16.4 Å². The summed E-state index contributed by atoms with van der Waals surface area (Å²) in [5.74, 6) is 0.551. The lowest BCUT2D eigenvalue weighted by atomic mass is 10.1. The van der Waals surface area contributed by atoms with Gasteiger partial charge in [-0.2, -0.15) is 0 Å². The Morgan fingerprint density at radius 3 is 2.75 bits per heavy atom. The van der Waals surface area contributed by atoms with Gasteiger partial charge in [0.15, 0.2) is 16.1 Å². The van der Waals surface area contributed by atoms with Gasteiger partial charge in [-0.3, -0.25) is 14.9 Å². The summed E-state index contributed by atoms with van der Waals surface area (Å²) < 4.78 is 1.81. The quantitative estimate of drug-likeness (QED) is 0.224. The Labute approximate surface area is 195 Å².